The van der Waals surface area contributed by atoms with Crippen LogP contribution in [-0.2, 0) is 25.5 Å². The van der Waals surface area contributed by atoms with Crippen molar-refractivity contribution in [2.75, 3.05) is 62.3 Å². The van der Waals surface area contributed by atoms with Crippen LogP contribution in [0.1, 0.15) is 25.8 Å². The molecule has 3 aromatic heterocycles. The monoisotopic (exact) mass is 602 g/mol. The van der Waals surface area contributed by atoms with Crippen LogP contribution in [0.15, 0.2) is 34.9 Å². The molecule has 5 N–H and O–H groups in total. The number of ether oxygens (including phenoxy) is 3. The number of carbonyl (C=O) groups is 1. The maximum atomic E-state index is 11.4. The van der Waals surface area contributed by atoms with Gasteiger partial charge in [-0.1, -0.05) is 0 Å². The molecule has 228 valence electrons. The van der Waals surface area contributed by atoms with Crippen LogP contribution >= 0.6 is 12.6 Å². The second kappa shape index (κ2) is 17.1. The summed E-state index contributed by atoms with van der Waals surface area (Å²) in [6, 6.07) is 1.52. The predicted molar refractivity (Wildman–Crippen MR) is 161 cm³/mol. The molecule has 0 bridgehead atoms. The van der Waals surface area contributed by atoms with E-state index in [4.69, 9.17) is 19.9 Å². The highest BCUT2D eigenvalue weighted by atomic mass is 32.1. The number of thiol groups is 1. The average molecular weight is 603 g/mol. The van der Waals surface area contributed by atoms with Crippen molar-refractivity contribution >= 4 is 47.7 Å². The third-order valence-corrected chi connectivity index (χ3v) is 5.73. The molecule has 0 aromatic carbocycles. The normalized spacial score (nSPS) is 12.7. The molecule has 0 aliphatic heterocycles. The zero-order valence-corrected chi connectivity index (χ0v) is 25.0. The van der Waals surface area contributed by atoms with E-state index in [1.165, 1.54) is 4.68 Å². The zero-order valence-electron chi connectivity index (χ0n) is 24.1. The van der Waals surface area contributed by atoms with Gasteiger partial charge in [0.25, 0.3) is 5.95 Å². The Balaban J connectivity index is 1.99. The molecule has 17 heteroatoms. The SMILES string of the molecule is COCC(C)Nc1nc(NCCCOC(=O)CS)c(N=Nc2nn(-c3ncccn3)cc2CN)c(NC(C)COC)n1. The minimum Gasteiger partial charge on any atom is -0.465 e. The van der Waals surface area contributed by atoms with Gasteiger partial charge in [-0.2, -0.15) is 22.6 Å². The van der Waals surface area contributed by atoms with Crippen LogP contribution in [-0.4, -0.2) is 94.1 Å². The van der Waals surface area contributed by atoms with Gasteiger partial charge in [-0.3, -0.25) is 4.79 Å². The van der Waals surface area contributed by atoms with E-state index < -0.39 is 0 Å². The van der Waals surface area contributed by atoms with E-state index in [0.29, 0.717) is 66.8 Å². The Labute approximate surface area is 249 Å². The van der Waals surface area contributed by atoms with Gasteiger partial charge >= 0.3 is 5.97 Å². The molecule has 3 aromatic rings. The lowest BCUT2D eigenvalue weighted by molar-refractivity contribution is -0.140. The van der Waals surface area contributed by atoms with Crippen LogP contribution in [0.25, 0.3) is 5.95 Å². The number of hydrogen-bond donors (Lipinski definition) is 5. The molecule has 0 amide bonds. The van der Waals surface area contributed by atoms with Crippen LogP contribution in [0.4, 0.5) is 29.1 Å². The Morgan fingerprint density at radius 1 is 1.07 bits per heavy atom. The molecule has 0 spiro atoms. The zero-order chi connectivity index (χ0) is 30.3. The third kappa shape index (κ3) is 9.86. The van der Waals surface area contributed by atoms with Crippen molar-refractivity contribution in [2.24, 2.45) is 16.0 Å². The molecule has 0 saturated carbocycles. The summed E-state index contributed by atoms with van der Waals surface area (Å²) in [7, 11) is 3.24. The molecule has 0 radical (unpaired) electrons. The second-order valence-electron chi connectivity index (χ2n) is 9.13. The fraction of sp³-hybridized carbons (Fsp3) is 0.520. The Bertz CT molecular complexity index is 1290. The van der Waals surface area contributed by atoms with E-state index in [1.54, 1.807) is 38.9 Å². The van der Waals surface area contributed by atoms with Gasteiger partial charge in [0, 0.05) is 63.5 Å². The summed E-state index contributed by atoms with van der Waals surface area (Å²) in [5.74, 6) is 1.45. The largest absolute Gasteiger partial charge is 0.465 e. The Kier molecular flexibility index (Phi) is 13.3. The summed E-state index contributed by atoms with van der Waals surface area (Å²) in [6.45, 7) is 5.58. The maximum absolute atomic E-state index is 11.4. The smallest absolute Gasteiger partial charge is 0.315 e. The van der Waals surface area contributed by atoms with Crippen LogP contribution in [0.3, 0.4) is 0 Å². The maximum Gasteiger partial charge on any atom is 0.315 e. The number of rotatable bonds is 18. The summed E-state index contributed by atoms with van der Waals surface area (Å²) in [6.07, 6.45) is 5.45. The number of nitrogens with zero attached hydrogens (tertiary/aromatic N) is 8. The summed E-state index contributed by atoms with van der Waals surface area (Å²) in [4.78, 5) is 29.2. The number of anilines is 3. The number of azo groups is 1. The van der Waals surface area contributed by atoms with Crippen LogP contribution in [0.2, 0.25) is 0 Å². The molecular weight excluding hydrogens is 564 g/mol. The van der Waals surface area contributed by atoms with E-state index in [2.05, 4.69) is 63.8 Å². The van der Waals surface area contributed by atoms with Crippen LogP contribution < -0.4 is 21.7 Å². The lowest BCUT2D eigenvalue weighted by Gasteiger charge is -2.19. The molecule has 3 heterocycles. The minimum atomic E-state index is -0.386. The van der Waals surface area contributed by atoms with Crippen LogP contribution in [0.5, 0.6) is 0 Å². The van der Waals surface area contributed by atoms with Crippen molar-refractivity contribution in [1.29, 1.82) is 0 Å². The number of aromatic nitrogens is 6. The number of esters is 1. The molecule has 16 nitrogen and oxygen atoms in total. The molecule has 42 heavy (non-hydrogen) atoms. The molecule has 0 aliphatic rings. The first-order valence-corrected chi connectivity index (χ1v) is 13.9. The van der Waals surface area contributed by atoms with Gasteiger partial charge in [0.15, 0.2) is 17.3 Å². The third-order valence-electron chi connectivity index (χ3n) is 5.47. The quantitative estimate of drug-likeness (QED) is 0.0616. The Morgan fingerprint density at radius 2 is 1.76 bits per heavy atom. The lowest BCUT2D eigenvalue weighted by Crippen LogP contribution is -2.25. The van der Waals surface area contributed by atoms with Gasteiger partial charge < -0.3 is 35.9 Å². The number of methoxy groups -OCH3 is 2. The van der Waals surface area contributed by atoms with Gasteiger partial charge in [-0.05, 0) is 26.3 Å². The second-order valence-corrected chi connectivity index (χ2v) is 9.45. The van der Waals surface area contributed by atoms with E-state index in [-0.39, 0.29) is 37.0 Å². The van der Waals surface area contributed by atoms with Gasteiger partial charge in [-0.15, -0.1) is 15.3 Å². The summed E-state index contributed by atoms with van der Waals surface area (Å²) >= 11 is 3.92. The van der Waals surface area contributed by atoms with Gasteiger partial charge in [0.05, 0.1) is 25.6 Å². The molecule has 0 saturated heterocycles. The molecule has 0 fully saturated rings. The van der Waals surface area contributed by atoms with E-state index >= 15 is 0 Å². The standard InChI is InChI=1S/C25H38N12O4S/c1-16(13-39-3)30-23-20(34-35-21-18(11-26)12-37(36-21)25-28-7-5-8-29-25)22(27-9-6-10-41-19(38)15-42)32-24(33-23)31-17(2)14-40-4/h5,7-8,12,16-17,42H,6,9-11,13-15,26H2,1-4H3,(H3,27,30,31,32,33). The highest BCUT2D eigenvalue weighted by Crippen LogP contribution is 2.34. The molecule has 0 aliphatic carbocycles. The van der Waals surface area contributed by atoms with Crippen molar-refractivity contribution in [3.05, 3.63) is 30.2 Å². The van der Waals surface area contributed by atoms with Crippen molar-refractivity contribution in [3.63, 3.8) is 0 Å². The molecular formula is C25H38N12O4S. The first-order valence-electron chi connectivity index (χ1n) is 13.3. The first-order chi connectivity index (χ1) is 20.4. The highest BCUT2D eigenvalue weighted by molar-refractivity contribution is 7.81. The topological polar surface area (TPSA) is 201 Å². The molecule has 2 unspecified atom stereocenters. The average Bonchev–Trinajstić information content (AvgIpc) is 3.40. The molecule has 3 rings (SSSR count). The van der Waals surface area contributed by atoms with Gasteiger partial charge in [0.2, 0.25) is 11.8 Å². The Morgan fingerprint density at radius 3 is 2.43 bits per heavy atom. The summed E-state index contributed by atoms with van der Waals surface area (Å²) < 4.78 is 17.2. The van der Waals surface area contributed by atoms with Crippen molar-refractivity contribution in [2.45, 2.75) is 38.9 Å². The van der Waals surface area contributed by atoms with Gasteiger partial charge in [-0.25, -0.2) is 14.6 Å². The van der Waals surface area contributed by atoms with E-state index in [1.807, 2.05) is 13.8 Å². The highest BCUT2D eigenvalue weighted by Gasteiger charge is 2.19. The Hall–Kier alpha value is -3.93. The van der Waals surface area contributed by atoms with E-state index in [9.17, 15) is 4.79 Å². The number of carbonyl (C=O) groups excluding carboxylic acids is 1. The molecule has 2 atom stereocenters. The lowest BCUT2D eigenvalue weighted by atomic mass is 10.3. The van der Waals surface area contributed by atoms with Crippen LogP contribution in [0, 0.1) is 0 Å². The minimum absolute atomic E-state index is 0.0180. The summed E-state index contributed by atoms with van der Waals surface area (Å²) in [5, 5.41) is 23.2. The fourth-order valence-electron chi connectivity index (χ4n) is 3.62. The van der Waals surface area contributed by atoms with Crippen molar-refractivity contribution < 1.29 is 19.0 Å². The number of hydrogen-bond acceptors (Lipinski definition) is 16. The van der Waals surface area contributed by atoms with Gasteiger partial charge in [0.1, 0.15) is 0 Å². The van der Waals surface area contributed by atoms with E-state index in [0.717, 1.165) is 0 Å². The number of nitrogens with two attached hydrogens (primary N) is 1. The first kappa shape index (κ1) is 32.6. The fourth-order valence-corrected chi connectivity index (χ4v) is 3.72. The van der Waals surface area contributed by atoms with Crippen molar-refractivity contribution in [1.82, 2.24) is 29.7 Å². The number of nitrogens with one attached hydrogen (secondary N) is 3. The van der Waals surface area contributed by atoms with Crippen molar-refractivity contribution in [3.8, 4) is 5.95 Å². The predicted octanol–water partition coefficient (Wildman–Crippen LogP) is 2.50. The summed E-state index contributed by atoms with van der Waals surface area (Å²) in [5.41, 5.74) is 6.95.